The van der Waals surface area contributed by atoms with Gasteiger partial charge in [0.25, 0.3) is 0 Å². The number of rotatable bonds is 9. The van der Waals surface area contributed by atoms with E-state index in [-0.39, 0.29) is 36.1 Å². The molecule has 162 valence electrons. The summed E-state index contributed by atoms with van der Waals surface area (Å²) in [5.41, 5.74) is 1.46. The lowest BCUT2D eigenvalue weighted by atomic mass is 10.1. The standard InChI is InChI=1S/C18H23N5O5S2/c1-10(2)13(8-24)19-15-14-16(22-18(25)29-14)21-17(20-15)28-9-11-5-4-6-12(7-11)23-30(3,26)27/h4-7,10,13,23-24H,8-9H2,1-3H3,(H2,19,20,21,22,25)/t13-/m0/s1. The van der Waals surface area contributed by atoms with E-state index < -0.39 is 10.0 Å². The topological polar surface area (TPSA) is 146 Å². The third-order valence-corrected chi connectivity index (χ3v) is 5.67. The van der Waals surface area contributed by atoms with Crippen LogP contribution in [0, 0.1) is 5.92 Å². The van der Waals surface area contributed by atoms with Crippen molar-refractivity contribution in [1.82, 2.24) is 15.0 Å². The van der Waals surface area contributed by atoms with Crippen LogP contribution in [0.5, 0.6) is 6.01 Å². The number of aliphatic hydroxyl groups is 1. The molecule has 0 fully saturated rings. The van der Waals surface area contributed by atoms with Gasteiger partial charge in [0.15, 0.2) is 11.5 Å². The van der Waals surface area contributed by atoms with Gasteiger partial charge in [-0.15, -0.1) is 0 Å². The molecule has 1 atom stereocenters. The lowest BCUT2D eigenvalue weighted by molar-refractivity contribution is 0.248. The van der Waals surface area contributed by atoms with Crippen LogP contribution in [0.4, 0.5) is 11.5 Å². The van der Waals surface area contributed by atoms with Gasteiger partial charge in [0.2, 0.25) is 10.0 Å². The molecular formula is C18H23N5O5S2. The zero-order valence-electron chi connectivity index (χ0n) is 16.7. The SMILES string of the molecule is CC(C)[C@H](CO)Nc1nc(OCc2cccc(NS(C)(=O)=O)c2)nc2[nH]c(=O)sc12. The van der Waals surface area contributed by atoms with Gasteiger partial charge in [-0.25, -0.2) is 8.42 Å². The van der Waals surface area contributed by atoms with Gasteiger partial charge < -0.3 is 15.2 Å². The Morgan fingerprint density at radius 1 is 1.30 bits per heavy atom. The van der Waals surface area contributed by atoms with Gasteiger partial charge in [0.1, 0.15) is 11.3 Å². The average Bonchev–Trinajstić information content (AvgIpc) is 3.03. The highest BCUT2D eigenvalue weighted by Crippen LogP contribution is 2.26. The third-order valence-electron chi connectivity index (χ3n) is 4.18. The van der Waals surface area contributed by atoms with Crippen LogP contribution in [0.1, 0.15) is 19.4 Å². The fourth-order valence-corrected chi connectivity index (χ4v) is 3.96. The fourth-order valence-electron chi connectivity index (χ4n) is 2.67. The third kappa shape index (κ3) is 5.68. The normalized spacial score (nSPS) is 12.8. The quantitative estimate of drug-likeness (QED) is 0.383. The molecule has 0 saturated heterocycles. The summed E-state index contributed by atoms with van der Waals surface area (Å²) >= 11 is 0.972. The maximum Gasteiger partial charge on any atom is 0.320 e. The van der Waals surface area contributed by atoms with Crippen molar-refractivity contribution in [3.05, 3.63) is 39.5 Å². The number of hydrogen-bond donors (Lipinski definition) is 4. The first-order chi connectivity index (χ1) is 14.1. The summed E-state index contributed by atoms with van der Waals surface area (Å²) in [6.45, 7) is 3.91. The number of anilines is 2. The molecule has 0 aliphatic carbocycles. The average molecular weight is 454 g/mol. The van der Waals surface area contributed by atoms with E-state index in [9.17, 15) is 18.3 Å². The van der Waals surface area contributed by atoms with Gasteiger partial charge in [-0.2, -0.15) is 9.97 Å². The second-order valence-corrected chi connectivity index (χ2v) is 9.82. The van der Waals surface area contributed by atoms with Gasteiger partial charge in [-0.05, 0) is 23.6 Å². The Balaban J connectivity index is 1.84. The van der Waals surface area contributed by atoms with Crippen LogP contribution >= 0.6 is 11.3 Å². The molecule has 0 spiro atoms. The van der Waals surface area contributed by atoms with Crippen LogP contribution in [-0.2, 0) is 16.6 Å². The second kappa shape index (κ2) is 8.98. The van der Waals surface area contributed by atoms with Crippen LogP contribution in [0.3, 0.4) is 0 Å². The number of fused-ring (bicyclic) bond motifs is 1. The number of aromatic nitrogens is 3. The highest BCUT2D eigenvalue weighted by atomic mass is 32.2. The van der Waals surface area contributed by atoms with Crippen molar-refractivity contribution in [2.75, 3.05) is 22.9 Å². The van der Waals surface area contributed by atoms with E-state index in [1.807, 2.05) is 13.8 Å². The summed E-state index contributed by atoms with van der Waals surface area (Å²) < 4.78 is 31.4. The number of hydrogen-bond acceptors (Lipinski definition) is 9. The number of benzene rings is 1. The van der Waals surface area contributed by atoms with Crippen molar-refractivity contribution in [3.63, 3.8) is 0 Å². The molecule has 12 heteroatoms. The smallest absolute Gasteiger partial charge is 0.320 e. The van der Waals surface area contributed by atoms with E-state index in [0.29, 0.717) is 27.4 Å². The monoisotopic (exact) mass is 453 g/mol. The molecule has 1 aromatic carbocycles. The Morgan fingerprint density at radius 3 is 2.73 bits per heavy atom. The number of H-pyrrole nitrogens is 1. The second-order valence-electron chi connectivity index (χ2n) is 7.09. The lowest BCUT2D eigenvalue weighted by Gasteiger charge is -2.20. The molecule has 0 bridgehead atoms. The highest BCUT2D eigenvalue weighted by molar-refractivity contribution is 7.92. The molecule has 10 nitrogen and oxygen atoms in total. The molecule has 3 aromatic rings. The van der Waals surface area contributed by atoms with Gasteiger partial charge in [-0.1, -0.05) is 37.3 Å². The van der Waals surface area contributed by atoms with E-state index >= 15 is 0 Å². The van der Waals surface area contributed by atoms with Crippen LogP contribution in [0.25, 0.3) is 10.3 Å². The van der Waals surface area contributed by atoms with Crippen molar-refractivity contribution < 1.29 is 18.3 Å². The molecule has 0 aliphatic rings. The Kier molecular flexibility index (Phi) is 6.58. The van der Waals surface area contributed by atoms with E-state index in [1.165, 1.54) is 0 Å². The Hall–Kier alpha value is -2.70. The minimum Gasteiger partial charge on any atom is -0.458 e. The zero-order valence-corrected chi connectivity index (χ0v) is 18.3. The van der Waals surface area contributed by atoms with Crippen LogP contribution < -0.4 is 19.6 Å². The lowest BCUT2D eigenvalue weighted by Crippen LogP contribution is -2.30. The van der Waals surface area contributed by atoms with Crippen LogP contribution in [0.2, 0.25) is 0 Å². The van der Waals surface area contributed by atoms with E-state index in [2.05, 4.69) is 25.0 Å². The number of aliphatic hydroxyl groups excluding tert-OH is 1. The number of nitrogens with one attached hydrogen (secondary N) is 3. The molecule has 3 rings (SSSR count). The number of thiazole rings is 1. The molecular weight excluding hydrogens is 430 g/mol. The Bertz CT molecular complexity index is 1190. The molecule has 0 aliphatic heterocycles. The van der Waals surface area contributed by atoms with Crippen molar-refractivity contribution >= 4 is 43.2 Å². The van der Waals surface area contributed by atoms with Crippen molar-refractivity contribution in [2.45, 2.75) is 26.5 Å². The highest BCUT2D eigenvalue weighted by Gasteiger charge is 2.18. The predicted octanol–water partition coefficient (Wildman–Crippen LogP) is 1.76. The maximum absolute atomic E-state index is 11.8. The Morgan fingerprint density at radius 2 is 2.07 bits per heavy atom. The largest absolute Gasteiger partial charge is 0.458 e. The molecule has 0 amide bonds. The predicted molar refractivity (Wildman–Crippen MR) is 117 cm³/mol. The van der Waals surface area contributed by atoms with Gasteiger partial charge in [0, 0.05) is 5.69 Å². The first-order valence-corrected chi connectivity index (χ1v) is 11.8. The number of sulfonamides is 1. The summed E-state index contributed by atoms with van der Waals surface area (Å²) in [7, 11) is -3.39. The number of aromatic amines is 1. The first kappa shape index (κ1) is 22.0. The summed E-state index contributed by atoms with van der Waals surface area (Å²) in [5.74, 6) is 0.531. The van der Waals surface area contributed by atoms with E-state index in [1.54, 1.807) is 24.3 Å². The summed E-state index contributed by atoms with van der Waals surface area (Å²) in [6.07, 6.45) is 1.08. The molecule has 4 N–H and O–H groups in total. The van der Waals surface area contributed by atoms with Crippen molar-refractivity contribution in [1.29, 1.82) is 0 Å². The van der Waals surface area contributed by atoms with Gasteiger partial charge >= 0.3 is 10.9 Å². The summed E-state index contributed by atoms with van der Waals surface area (Å²) in [6, 6.07) is 6.54. The van der Waals surface area contributed by atoms with E-state index in [0.717, 1.165) is 17.6 Å². The number of nitrogens with zero attached hydrogens (tertiary/aromatic N) is 2. The molecule has 0 radical (unpaired) electrons. The Labute approximate surface area is 177 Å². The summed E-state index contributed by atoms with van der Waals surface area (Å²) in [5, 5.41) is 12.8. The van der Waals surface area contributed by atoms with Crippen LogP contribution in [-0.4, -0.2) is 47.4 Å². The van der Waals surface area contributed by atoms with Crippen molar-refractivity contribution in [2.24, 2.45) is 5.92 Å². The fraction of sp³-hybridized carbons (Fsp3) is 0.389. The minimum atomic E-state index is -3.39. The van der Waals surface area contributed by atoms with Crippen LogP contribution in [0.15, 0.2) is 29.1 Å². The zero-order chi connectivity index (χ0) is 21.9. The molecule has 0 unspecified atom stereocenters. The molecule has 2 aromatic heterocycles. The van der Waals surface area contributed by atoms with E-state index in [4.69, 9.17) is 4.74 Å². The first-order valence-electron chi connectivity index (χ1n) is 9.12. The van der Waals surface area contributed by atoms with Gasteiger partial charge in [-0.3, -0.25) is 14.5 Å². The van der Waals surface area contributed by atoms with Gasteiger partial charge in [0.05, 0.1) is 18.9 Å². The molecule has 30 heavy (non-hydrogen) atoms. The minimum absolute atomic E-state index is 0.0426. The maximum atomic E-state index is 11.8. The summed E-state index contributed by atoms with van der Waals surface area (Å²) in [4.78, 5) is 22.8. The van der Waals surface area contributed by atoms with Crippen molar-refractivity contribution in [3.8, 4) is 6.01 Å². The molecule has 0 saturated carbocycles. The number of ether oxygens (including phenoxy) is 1. The molecule has 2 heterocycles.